The Bertz CT molecular complexity index is 933. The Kier molecular flexibility index (Phi) is 6.87. The highest BCUT2D eigenvalue weighted by Gasteiger charge is 2.40. The second-order valence-electron chi connectivity index (χ2n) is 8.56. The van der Waals surface area contributed by atoms with Gasteiger partial charge in [-0.2, -0.15) is 0 Å². The molecule has 2 aromatic rings. The van der Waals surface area contributed by atoms with E-state index in [0.29, 0.717) is 29.7 Å². The lowest BCUT2D eigenvalue weighted by Crippen LogP contribution is -2.58. The Morgan fingerprint density at radius 3 is 2.84 bits per heavy atom. The van der Waals surface area contributed by atoms with Crippen LogP contribution in [-0.2, 0) is 16.0 Å². The molecular weight excluding hydrogens is 432 g/mol. The van der Waals surface area contributed by atoms with Crippen LogP contribution in [0.4, 0.5) is 0 Å². The van der Waals surface area contributed by atoms with Crippen molar-refractivity contribution in [2.24, 2.45) is 5.92 Å². The number of thiophene rings is 1. The Labute approximate surface area is 192 Å². The molecule has 4 rings (SSSR count). The first-order valence-corrected chi connectivity index (χ1v) is 12.2. The van der Waals surface area contributed by atoms with Gasteiger partial charge < -0.3 is 14.5 Å². The number of likely N-dealkylation sites (tertiary alicyclic amines) is 2. The number of aryl methyl sites for hydroxylation is 1. The fourth-order valence-electron chi connectivity index (χ4n) is 4.80. The average molecular weight is 461 g/mol. The van der Waals surface area contributed by atoms with Gasteiger partial charge in [-0.15, -0.1) is 11.3 Å². The predicted octanol–water partition coefficient (Wildman–Crippen LogP) is 4.56. The molecule has 7 heteroatoms. The minimum absolute atomic E-state index is 0.0300. The topological polar surface area (TPSA) is 49.9 Å². The second-order valence-corrected chi connectivity index (χ2v) is 10.0. The number of carbonyl (C=O) groups excluding carboxylic acids is 2. The molecule has 31 heavy (non-hydrogen) atoms. The fourth-order valence-corrected chi connectivity index (χ4v) is 5.72. The molecule has 5 nitrogen and oxygen atoms in total. The van der Waals surface area contributed by atoms with E-state index in [1.54, 1.807) is 17.4 Å². The van der Waals surface area contributed by atoms with Gasteiger partial charge in [-0.25, -0.2) is 0 Å². The molecule has 2 amide bonds. The number of hydrogen-bond donors (Lipinski definition) is 0. The van der Waals surface area contributed by atoms with Gasteiger partial charge in [-0.05, 0) is 74.2 Å². The van der Waals surface area contributed by atoms with E-state index in [2.05, 4.69) is 0 Å². The molecule has 2 fully saturated rings. The first kappa shape index (κ1) is 22.2. The molecule has 3 atom stereocenters. The first-order chi connectivity index (χ1) is 14.9. The highest BCUT2D eigenvalue weighted by atomic mass is 35.5. The molecule has 1 aromatic carbocycles. The van der Waals surface area contributed by atoms with Crippen LogP contribution >= 0.6 is 22.9 Å². The van der Waals surface area contributed by atoms with E-state index in [0.717, 1.165) is 42.8 Å². The molecule has 2 aliphatic rings. The first-order valence-electron chi connectivity index (χ1n) is 11.0. The summed E-state index contributed by atoms with van der Waals surface area (Å²) in [6, 6.07) is 9.62. The van der Waals surface area contributed by atoms with Crippen LogP contribution in [0.1, 0.15) is 36.6 Å². The van der Waals surface area contributed by atoms with Crippen molar-refractivity contribution in [1.29, 1.82) is 0 Å². The number of carbonyl (C=O) groups is 2. The zero-order chi connectivity index (χ0) is 22.0. The third-order valence-electron chi connectivity index (χ3n) is 6.40. The molecular formula is C24H29ClN2O3S. The zero-order valence-corrected chi connectivity index (χ0v) is 19.6. The van der Waals surface area contributed by atoms with Crippen LogP contribution < -0.4 is 4.74 Å². The minimum Gasteiger partial charge on any atom is -0.481 e. The second kappa shape index (κ2) is 9.61. The van der Waals surface area contributed by atoms with Crippen molar-refractivity contribution in [2.75, 3.05) is 19.6 Å². The number of rotatable bonds is 5. The highest BCUT2D eigenvalue weighted by Crippen LogP contribution is 2.32. The smallest absolute Gasteiger partial charge is 0.263 e. The fraction of sp³-hybridized carbons (Fsp3) is 0.500. The van der Waals surface area contributed by atoms with Crippen molar-refractivity contribution in [3.05, 3.63) is 51.2 Å². The lowest BCUT2D eigenvalue weighted by molar-refractivity contribution is -0.147. The van der Waals surface area contributed by atoms with Crippen LogP contribution in [0.15, 0.2) is 35.7 Å². The molecule has 0 saturated carbocycles. The normalized spacial score (nSPS) is 22.0. The molecule has 1 aromatic heterocycles. The maximum Gasteiger partial charge on any atom is 0.263 e. The van der Waals surface area contributed by atoms with E-state index in [9.17, 15) is 9.59 Å². The van der Waals surface area contributed by atoms with Crippen LogP contribution in [0.3, 0.4) is 0 Å². The molecule has 166 valence electrons. The maximum absolute atomic E-state index is 13.3. The van der Waals surface area contributed by atoms with Crippen molar-refractivity contribution in [1.82, 2.24) is 9.80 Å². The summed E-state index contributed by atoms with van der Waals surface area (Å²) in [4.78, 5) is 31.1. The molecule has 3 heterocycles. The summed E-state index contributed by atoms with van der Waals surface area (Å²) in [5, 5.41) is 2.66. The van der Waals surface area contributed by atoms with E-state index in [1.165, 1.54) is 0 Å². The Morgan fingerprint density at radius 1 is 1.26 bits per heavy atom. The zero-order valence-electron chi connectivity index (χ0n) is 18.1. The van der Waals surface area contributed by atoms with E-state index in [1.807, 2.05) is 53.3 Å². The van der Waals surface area contributed by atoms with E-state index in [-0.39, 0.29) is 17.9 Å². The van der Waals surface area contributed by atoms with Crippen LogP contribution in [0.25, 0.3) is 0 Å². The third kappa shape index (κ3) is 5.07. The van der Waals surface area contributed by atoms with Crippen LogP contribution in [0.5, 0.6) is 5.75 Å². The van der Waals surface area contributed by atoms with Gasteiger partial charge >= 0.3 is 0 Å². The lowest BCUT2D eigenvalue weighted by Gasteiger charge is -2.47. The number of piperidine rings is 2. The number of fused-ring (bicyclic) bond motifs is 1. The maximum atomic E-state index is 13.3. The van der Waals surface area contributed by atoms with E-state index < -0.39 is 6.10 Å². The summed E-state index contributed by atoms with van der Waals surface area (Å²) >= 11 is 7.66. The quantitative estimate of drug-likeness (QED) is 0.657. The summed E-state index contributed by atoms with van der Waals surface area (Å²) in [7, 11) is 0. The van der Waals surface area contributed by atoms with Gasteiger partial charge in [0.15, 0.2) is 6.10 Å². The highest BCUT2D eigenvalue weighted by molar-refractivity contribution is 7.10. The van der Waals surface area contributed by atoms with Crippen LogP contribution in [-0.4, -0.2) is 53.4 Å². The molecule has 0 bridgehead atoms. The van der Waals surface area contributed by atoms with Crippen molar-refractivity contribution in [2.45, 2.75) is 51.7 Å². The Balaban J connectivity index is 1.38. The van der Waals surface area contributed by atoms with Crippen molar-refractivity contribution >= 4 is 34.8 Å². The molecule has 2 saturated heterocycles. The van der Waals surface area contributed by atoms with Crippen molar-refractivity contribution in [3.63, 3.8) is 0 Å². The van der Waals surface area contributed by atoms with Crippen molar-refractivity contribution < 1.29 is 14.3 Å². The average Bonchev–Trinajstić information content (AvgIpc) is 3.27. The molecule has 0 aliphatic carbocycles. The van der Waals surface area contributed by atoms with Gasteiger partial charge in [0.1, 0.15) is 5.75 Å². The predicted molar refractivity (Wildman–Crippen MR) is 124 cm³/mol. The number of benzene rings is 1. The molecule has 0 radical (unpaired) electrons. The van der Waals surface area contributed by atoms with Gasteiger partial charge in [-0.1, -0.05) is 17.7 Å². The summed E-state index contributed by atoms with van der Waals surface area (Å²) in [5.74, 6) is 1.25. The van der Waals surface area contributed by atoms with Gasteiger partial charge in [0.25, 0.3) is 5.91 Å². The molecule has 2 aliphatic heterocycles. The number of nitrogens with zero attached hydrogens (tertiary/aromatic N) is 2. The van der Waals surface area contributed by atoms with Crippen molar-refractivity contribution in [3.8, 4) is 5.75 Å². The monoisotopic (exact) mass is 460 g/mol. The Hall–Kier alpha value is -2.05. The number of ether oxygens (including phenoxy) is 1. The summed E-state index contributed by atoms with van der Waals surface area (Å²) in [6.07, 6.45) is 2.77. The summed E-state index contributed by atoms with van der Waals surface area (Å²) < 4.78 is 6.00. The number of halogens is 1. The summed E-state index contributed by atoms with van der Waals surface area (Å²) in [6.45, 7) is 5.96. The third-order valence-corrected chi connectivity index (χ3v) is 7.51. The molecule has 1 unspecified atom stereocenters. The lowest BCUT2D eigenvalue weighted by atomic mass is 9.83. The van der Waals surface area contributed by atoms with Gasteiger partial charge in [0.05, 0.1) is 6.42 Å². The minimum atomic E-state index is -0.558. The standard InChI is InChI=1S/C24H29ClN2O3S/c1-16-13-19(25)7-8-22(16)30-17(2)24(29)27-10-3-5-18-15-26(11-9-21(18)27)23(28)14-20-6-4-12-31-20/h4,6-8,12-13,17-18,21H,3,5,9-11,14-15H2,1-2H3/t17?,18-,21+/m1/s1. The molecule has 0 N–H and O–H groups in total. The molecule has 0 spiro atoms. The largest absolute Gasteiger partial charge is 0.481 e. The van der Waals surface area contributed by atoms with Gasteiger partial charge in [0.2, 0.25) is 5.91 Å². The summed E-state index contributed by atoms with van der Waals surface area (Å²) in [5.41, 5.74) is 0.918. The Morgan fingerprint density at radius 2 is 2.10 bits per heavy atom. The van der Waals surface area contributed by atoms with Gasteiger partial charge in [0, 0.05) is 35.6 Å². The van der Waals surface area contributed by atoms with E-state index in [4.69, 9.17) is 16.3 Å². The van der Waals surface area contributed by atoms with Gasteiger partial charge in [-0.3, -0.25) is 9.59 Å². The van der Waals surface area contributed by atoms with Crippen LogP contribution in [0.2, 0.25) is 5.02 Å². The number of amides is 2. The van der Waals surface area contributed by atoms with Crippen LogP contribution in [0, 0.1) is 12.8 Å². The SMILES string of the molecule is Cc1cc(Cl)ccc1OC(C)C(=O)N1CCC[C@@H]2CN(C(=O)Cc3cccs3)CC[C@@H]21. The number of hydrogen-bond acceptors (Lipinski definition) is 4. The van der Waals surface area contributed by atoms with E-state index >= 15 is 0 Å².